The van der Waals surface area contributed by atoms with Crippen molar-refractivity contribution >= 4 is 27.3 Å². The lowest BCUT2D eigenvalue weighted by atomic mass is 9.91. The molecule has 0 unspecified atom stereocenters. The zero-order valence-electron chi connectivity index (χ0n) is 16.1. The van der Waals surface area contributed by atoms with Gasteiger partial charge in [-0.25, -0.2) is 0 Å². The van der Waals surface area contributed by atoms with Crippen LogP contribution in [-0.2, 0) is 13.6 Å². The lowest BCUT2D eigenvalue weighted by Crippen LogP contribution is -2.40. The molecule has 3 aromatic heterocycles. The molecule has 5 rings (SSSR count). The average molecular weight is 394 g/mol. The molecule has 28 heavy (non-hydrogen) atoms. The highest BCUT2D eigenvalue weighted by atomic mass is 32.1. The van der Waals surface area contributed by atoms with Crippen LogP contribution in [0.15, 0.2) is 46.6 Å². The van der Waals surface area contributed by atoms with Gasteiger partial charge in [-0.3, -0.25) is 18.7 Å². The van der Waals surface area contributed by atoms with Crippen molar-refractivity contribution in [1.29, 1.82) is 0 Å². The van der Waals surface area contributed by atoms with E-state index in [0.717, 1.165) is 22.5 Å². The summed E-state index contributed by atoms with van der Waals surface area (Å²) in [7, 11) is 1.77. The predicted octanol–water partition coefficient (Wildman–Crippen LogP) is 3.76. The van der Waals surface area contributed by atoms with E-state index < -0.39 is 0 Å². The Labute approximate surface area is 167 Å². The molecule has 7 heteroatoms. The maximum Gasteiger partial charge on any atom is 0.272 e. The molecule has 1 fully saturated rings. The summed E-state index contributed by atoms with van der Waals surface area (Å²) in [6, 6.07) is 13.6. The van der Waals surface area contributed by atoms with Crippen molar-refractivity contribution in [2.75, 3.05) is 0 Å². The summed E-state index contributed by atoms with van der Waals surface area (Å²) >= 11 is 1.48. The maximum absolute atomic E-state index is 12.6. The van der Waals surface area contributed by atoms with E-state index in [2.05, 4.69) is 56.8 Å². The van der Waals surface area contributed by atoms with E-state index in [1.54, 1.807) is 11.6 Å². The summed E-state index contributed by atoms with van der Waals surface area (Å²) in [6.07, 6.45) is 3.57. The number of aromatic nitrogens is 4. The number of fused-ring (bicyclic) bond motifs is 3. The van der Waals surface area contributed by atoms with Gasteiger partial charge in [0, 0.05) is 19.1 Å². The van der Waals surface area contributed by atoms with Gasteiger partial charge in [0.25, 0.3) is 5.56 Å². The molecule has 0 bridgehead atoms. The zero-order chi connectivity index (χ0) is 19.3. The Bertz CT molecular complexity index is 1190. The average Bonchev–Trinajstić information content (AvgIpc) is 3.35. The minimum atomic E-state index is -0.00930. The van der Waals surface area contributed by atoms with Gasteiger partial charge in [0.1, 0.15) is 4.70 Å². The fourth-order valence-corrected chi connectivity index (χ4v) is 5.31. The van der Waals surface area contributed by atoms with Gasteiger partial charge in [-0.15, -0.1) is 21.5 Å². The van der Waals surface area contributed by atoms with Gasteiger partial charge in [-0.05, 0) is 36.8 Å². The van der Waals surface area contributed by atoms with Crippen LogP contribution in [0.25, 0.3) is 16.0 Å². The number of rotatable bonds is 3. The van der Waals surface area contributed by atoms with Gasteiger partial charge in [0.15, 0.2) is 5.82 Å². The first-order valence-electron chi connectivity index (χ1n) is 9.76. The second-order valence-electron chi connectivity index (χ2n) is 7.63. The number of piperidine rings is 1. The third-order valence-corrected chi connectivity index (χ3v) is 6.86. The second-order valence-corrected chi connectivity index (χ2v) is 8.55. The molecule has 1 aromatic carbocycles. The number of aryl methyl sites for hydroxylation is 1. The van der Waals surface area contributed by atoms with Gasteiger partial charge in [0.2, 0.25) is 5.78 Å². The lowest BCUT2D eigenvalue weighted by molar-refractivity contribution is 0.0811. The van der Waals surface area contributed by atoms with Crippen molar-refractivity contribution in [3.63, 3.8) is 0 Å². The minimum absolute atomic E-state index is 0.00930. The van der Waals surface area contributed by atoms with Crippen LogP contribution < -0.4 is 5.56 Å². The van der Waals surface area contributed by atoms with Gasteiger partial charge in [-0.1, -0.05) is 36.8 Å². The molecule has 1 saturated heterocycles. The molecule has 0 radical (unpaired) electrons. The summed E-state index contributed by atoms with van der Waals surface area (Å²) in [5.41, 5.74) is 2.25. The molecule has 144 valence electrons. The topological polar surface area (TPSA) is 55.4 Å². The predicted molar refractivity (Wildman–Crippen MR) is 112 cm³/mol. The Balaban J connectivity index is 1.61. The molecule has 0 aliphatic carbocycles. The molecule has 0 amide bonds. The fraction of sp³-hybridized carbons (Fsp3) is 0.381. The smallest absolute Gasteiger partial charge is 0.272 e. The number of benzene rings is 1. The standard InChI is InChI=1S/C21H23N5OS/c1-14-7-6-10-16(15-8-4-3-5-9-15)25(14)13-18-22-23-21-24(2)20(27)19-17(26(18)21)11-12-28-19/h3-5,8-9,11-12,14,16H,6-7,10,13H2,1-2H3/t14-,16+/m1/s1. The van der Waals surface area contributed by atoms with E-state index in [1.807, 2.05) is 11.4 Å². The van der Waals surface area contributed by atoms with Crippen molar-refractivity contribution in [1.82, 2.24) is 24.1 Å². The SMILES string of the molecule is C[C@@H]1CCC[C@@H](c2ccccc2)N1Cc1nnc2n(C)c(=O)c3sccc3n12. The molecule has 1 aliphatic heterocycles. The number of thiophene rings is 1. The molecule has 6 nitrogen and oxygen atoms in total. The Hall–Kier alpha value is -2.51. The van der Waals surface area contributed by atoms with Crippen LogP contribution >= 0.6 is 11.3 Å². The zero-order valence-corrected chi connectivity index (χ0v) is 16.9. The number of hydrogen-bond acceptors (Lipinski definition) is 5. The molecule has 4 heterocycles. The van der Waals surface area contributed by atoms with E-state index in [9.17, 15) is 4.79 Å². The molecule has 4 aromatic rings. The summed E-state index contributed by atoms with van der Waals surface area (Å²) in [4.78, 5) is 15.1. The highest BCUT2D eigenvalue weighted by Crippen LogP contribution is 2.35. The van der Waals surface area contributed by atoms with Gasteiger partial charge < -0.3 is 0 Å². The molecule has 0 saturated carbocycles. The first-order valence-corrected chi connectivity index (χ1v) is 10.6. The van der Waals surface area contributed by atoms with Crippen molar-refractivity contribution < 1.29 is 0 Å². The molecular formula is C21H23N5OS. The summed E-state index contributed by atoms with van der Waals surface area (Å²) < 4.78 is 4.41. The number of nitrogens with zero attached hydrogens (tertiary/aromatic N) is 5. The van der Waals surface area contributed by atoms with Gasteiger partial charge >= 0.3 is 0 Å². The molecule has 0 N–H and O–H groups in total. The lowest BCUT2D eigenvalue weighted by Gasteiger charge is -2.40. The summed E-state index contributed by atoms with van der Waals surface area (Å²) in [5, 5.41) is 10.8. The Morgan fingerprint density at radius 3 is 2.79 bits per heavy atom. The van der Waals surface area contributed by atoms with Crippen LogP contribution in [-0.4, -0.2) is 30.1 Å². The Morgan fingerprint density at radius 2 is 1.96 bits per heavy atom. The number of likely N-dealkylation sites (tertiary alicyclic amines) is 1. The van der Waals surface area contributed by atoms with Gasteiger partial charge in [0.05, 0.1) is 12.1 Å². The number of hydrogen-bond donors (Lipinski definition) is 0. The third kappa shape index (κ3) is 2.69. The van der Waals surface area contributed by atoms with E-state index >= 15 is 0 Å². The monoisotopic (exact) mass is 393 g/mol. The van der Waals surface area contributed by atoms with Crippen LogP contribution in [0.1, 0.15) is 43.6 Å². The third-order valence-electron chi connectivity index (χ3n) is 5.97. The van der Waals surface area contributed by atoms with E-state index in [-0.39, 0.29) is 5.56 Å². The highest BCUT2D eigenvalue weighted by molar-refractivity contribution is 7.17. The van der Waals surface area contributed by atoms with Crippen molar-refractivity contribution in [2.45, 2.75) is 44.8 Å². The first-order chi connectivity index (χ1) is 13.6. The molecule has 1 aliphatic rings. The van der Waals surface area contributed by atoms with Crippen molar-refractivity contribution in [2.24, 2.45) is 7.05 Å². The van der Waals surface area contributed by atoms with E-state index in [1.165, 1.54) is 29.7 Å². The minimum Gasteiger partial charge on any atom is -0.286 e. The first kappa shape index (κ1) is 17.6. The van der Waals surface area contributed by atoms with E-state index in [0.29, 0.717) is 24.4 Å². The van der Waals surface area contributed by atoms with Crippen molar-refractivity contribution in [3.05, 3.63) is 63.5 Å². The Morgan fingerprint density at radius 1 is 1.14 bits per heavy atom. The largest absolute Gasteiger partial charge is 0.286 e. The Kier molecular flexibility index (Phi) is 4.29. The molecule has 0 spiro atoms. The van der Waals surface area contributed by atoms with Crippen LogP contribution in [0.3, 0.4) is 0 Å². The van der Waals surface area contributed by atoms with Crippen molar-refractivity contribution in [3.8, 4) is 0 Å². The van der Waals surface area contributed by atoms with Crippen LogP contribution in [0.5, 0.6) is 0 Å². The van der Waals surface area contributed by atoms with Crippen LogP contribution in [0.4, 0.5) is 0 Å². The van der Waals surface area contributed by atoms with Gasteiger partial charge in [-0.2, -0.15) is 0 Å². The highest BCUT2D eigenvalue weighted by Gasteiger charge is 2.30. The molecular weight excluding hydrogens is 370 g/mol. The van der Waals surface area contributed by atoms with Crippen LogP contribution in [0, 0.1) is 0 Å². The second kappa shape index (κ2) is 6.83. The quantitative estimate of drug-likeness (QED) is 0.532. The van der Waals surface area contributed by atoms with E-state index in [4.69, 9.17) is 0 Å². The molecule has 2 atom stereocenters. The summed E-state index contributed by atoms with van der Waals surface area (Å²) in [5.74, 6) is 1.50. The normalized spacial score (nSPS) is 20.9. The summed E-state index contributed by atoms with van der Waals surface area (Å²) in [6.45, 7) is 3.01. The van der Waals surface area contributed by atoms with Crippen LogP contribution in [0.2, 0.25) is 0 Å². The fourth-order valence-electron chi connectivity index (χ4n) is 4.46. The maximum atomic E-state index is 12.6.